The summed E-state index contributed by atoms with van der Waals surface area (Å²) in [6, 6.07) is 17.3. The monoisotopic (exact) mass is 540 g/mol. The molecule has 0 aliphatic heterocycles. The van der Waals surface area contributed by atoms with Crippen LogP contribution < -0.4 is 10.2 Å². The van der Waals surface area contributed by atoms with Crippen molar-refractivity contribution < 1.29 is 19.1 Å². The molecule has 3 aromatic heterocycles. The second-order valence-corrected chi connectivity index (χ2v) is 10.6. The van der Waals surface area contributed by atoms with Gasteiger partial charge in [-0.15, -0.1) is 11.3 Å². The van der Waals surface area contributed by atoms with Crippen molar-refractivity contribution in [3.63, 3.8) is 0 Å². The third-order valence-corrected chi connectivity index (χ3v) is 7.04. The Balaban J connectivity index is 1.46. The van der Waals surface area contributed by atoms with Crippen LogP contribution >= 0.6 is 11.3 Å². The van der Waals surface area contributed by atoms with E-state index in [1.165, 1.54) is 22.6 Å². The van der Waals surface area contributed by atoms with Crippen LogP contribution in [-0.4, -0.2) is 44.1 Å². The number of carbonyl (C=O) groups excluding carboxylic acids is 2. The smallest absolute Gasteiger partial charge is 0.268 e. The van der Waals surface area contributed by atoms with E-state index in [1.54, 1.807) is 86.3 Å². The lowest BCUT2D eigenvalue weighted by molar-refractivity contribution is 0.0630. The van der Waals surface area contributed by atoms with E-state index in [-0.39, 0.29) is 24.3 Å². The number of aliphatic hydroxyl groups is 1. The molecule has 2 aromatic carbocycles. The second-order valence-electron chi connectivity index (χ2n) is 9.55. The Labute approximate surface area is 227 Å². The molecule has 39 heavy (non-hydrogen) atoms. The maximum Gasteiger partial charge on any atom is 0.268 e. The van der Waals surface area contributed by atoms with Gasteiger partial charge in [0.15, 0.2) is 12.2 Å². The average Bonchev–Trinajstić information content (AvgIpc) is 3.68. The summed E-state index contributed by atoms with van der Waals surface area (Å²) in [5.74, 6) is 0.192. The Hall–Kier alpha value is -4.79. The number of thiophene rings is 1. The lowest BCUT2D eigenvalue weighted by Gasteiger charge is -2.20. The first-order chi connectivity index (χ1) is 18.6. The highest BCUT2D eigenvalue weighted by molar-refractivity contribution is 7.17. The summed E-state index contributed by atoms with van der Waals surface area (Å²) < 4.78 is 7.05. The van der Waals surface area contributed by atoms with Crippen LogP contribution in [0.3, 0.4) is 0 Å². The zero-order chi connectivity index (χ0) is 27.7. The van der Waals surface area contributed by atoms with Crippen LogP contribution in [0.15, 0.2) is 71.6 Å². The molecule has 0 saturated heterocycles. The molecule has 5 rings (SSSR count). The van der Waals surface area contributed by atoms with E-state index in [9.17, 15) is 14.7 Å². The number of carbonyl (C=O) groups is 2. The normalized spacial score (nSPS) is 11.4. The molecule has 0 radical (unpaired) electrons. The Morgan fingerprint density at radius 3 is 2.74 bits per heavy atom. The van der Waals surface area contributed by atoms with Crippen LogP contribution in [0.4, 0.5) is 11.6 Å². The van der Waals surface area contributed by atoms with Gasteiger partial charge in [0.1, 0.15) is 0 Å². The number of hydrogen-bond acceptors (Lipinski definition) is 8. The van der Waals surface area contributed by atoms with E-state index in [1.807, 2.05) is 6.07 Å². The summed E-state index contributed by atoms with van der Waals surface area (Å²) in [5.41, 5.74) is 1.48. The van der Waals surface area contributed by atoms with E-state index in [4.69, 9.17) is 9.68 Å². The summed E-state index contributed by atoms with van der Waals surface area (Å²) in [7, 11) is 1.64. The molecule has 0 spiro atoms. The van der Waals surface area contributed by atoms with Crippen molar-refractivity contribution in [1.29, 1.82) is 5.26 Å². The summed E-state index contributed by atoms with van der Waals surface area (Å²) in [4.78, 5) is 37.5. The number of hydrogen-bond donors (Lipinski definition) is 2. The number of nitriles is 1. The van der Waals surface area contributed by atoms with E-state index in [2.05, 4.69) is 15.3 Å². The van der Waals surface area contributed by atoms with Gasteiger partial charge < -0.3 is 19.0 Å². The van der Waals surface area contributed by atoms with Crippen molar-refractivity contribution in [2.45, 2.75) is 26.0 Å². The van der Waals surface area contributed by atoms with Gasteiger partial charge in [0.2, 0.25) is 5.95 Å². The van der Waals surface area contributed by atoms with Gasteiger partial charge in [-0.1, -0.05) is 6.07 Å². The molecule has 11 heteroatoms. The minimum Gasteiger partial charge on any atom is -0.443 e. The molecule has 10 nitrogen and oxygen atoms in total. The van der Waals surface area contributed by atoms with Crippen molar-refractivity contribution in [2.75, 3.05) is 17.3 Å². The number of fused-ring (bicyclic) bond motifs is 1. The summed E-state index contributed by atoms with van der Waals surface area (Å²) >= 11 is 1.26. The van der Waals surface area contributed by atoms with Gasteiger partial charge in [0.05, 0.1) is 50.8 Å². The third-order valence-electron chi connectivity index (χ3n) is 5.94. The van der Waals surface area contributed by atoms with Gasteiger partial charge in [-0.3, -0.25) is 14.9 Å². The first-order valence-electron chi connectivity index (χ1n) is 11.9. The fourth-order valence-electron chi connectivity index (χ4n) is 4.09. The summed E-state index contributed by atoms with van der Waals surface area (Å²) in [5, 5.41) is 22.6. The van der Waals surface area contributed by atoms with Crippen LogP contribution in [0.25, 0.3) is 21.7 Å². The Morgan fingerprint density at radius 2 is 2.03 bits per heavy atom. The highest BCUT2D eigenvalue weighted by atomic mass is 32.1. The van der Waals surface area contributed by atoms with Gasteiger partial charge in [-0.25, -0.2) is 9.97 Å². The molecule has 3 heterocycles. The molecule has 196 valence electrons. The fraction of sp³-hybridized carbons (Fsp3) is 0.179. The van der Waals surface area contributed by atoms with Crippen molar-refractivity contribution in [3.8, 4) is 16.7 Å². The minimum atomic E-state index is -1.09. The van der Waals surface area contributed by atoms with Gasteiger partial charge in [0, 0.05) is 18.3 Å². The quantitative estimate of drug-likeness (QED) is 0.299. The lowest BCUT2D eigenvalue weighted by atomic mass is 10.1. The largest absolute Gasteiger partial charge is 0.443 e. The molecule has 0 bridgehead atoms. The maximum atomic E-state index is 13.1. The number of imidazole rings is 1. The number of benzene rings is 2. The molecular formula is C28H24N6O4S. The van der Waals surface area contributed by atoms with Crippen LogP contribution in [0, 0.1) is 11.3 Å². The van der Waals surface area contributed by atoms with E-state index < -0.39 is 5.60 Å². The molecule has 0 aliphatic rings. The number of nitrogens with one attached hydrogen (secondary N) is 1. The third kappa shape index (κ3) is 5.43. The molecule has 2 amide bonds. The standard InChI is InChI=1S/C28H24N6O4S/c1-28(2,37)15-34-21-8-7-19(33(3)26(36)18-6-4-5-17(11-18)13-29)12-20(21)31-27(34)32-25(35)24-10-9-23(39-24)22-14-30-16-38-22/h4-12,14,16,37H,15H2,1-3H3,(H,31,32,35). The molecule has 2 N–H and O–H groups in total. The molecule has 0 fully saturated rings. The molecule has 0 aliphatic carbocycles. The minimum absolute atomic E-state index is 0.169. The van der Waals surface area contributed by atoms with Crippen LogP contribution in [0.1, 0.15) is 39.4 Å². The van der Waals surface area contributed by atoms with Gasteiger partial charge >= 0.3 is 0 Å². The second kappa shape index (κ2) is 10.2. The number of nitrogens with zero attached hydrogens (tertiary/aromatic N) is 5. The van der Waals surface area contributed by atoms with Crippen molar-refractivity contribution in [2.24, 2.45) is 0 Å². The lowest BCUT2D eigenvalue weighted by Crippen LogP contribution is -2.27. The predicted octanol–water partition coefficient (Wildman–Crippen LogP) is 4.92. The highest BCUT2D eigenvalue weighted by Gasteiger charge is 2.23. The Morgan fingerprint density at radius 1 is 1.21 bits per heavy atom. The molecule has 0 unspecified atom stereocenters. The maximum absolute atomic E-state index is 13.1. The molecule has 0 saturated carbocycles. The average molecular weight is 541 g/mol. The van der Waals surface area contributed by atoms with Crippen LogP contribution in [0.2, 0.25) is 0 Å². The number of anilines is 2. The van der Waals surface area contributed by atoms with Gasteiger partial charge in [-0.05, 0) is 62.4 Å². The van der Waals surface area contributed by atoms with Crippen molar-refractivity contribution in [1.82, 2.24) is 14.5 Å². The predicted molar refractivity (Wildman–Crippen MR) is 148 cm³/mol. The fourth-order valence-corrected chi connectivity index (χ4v) is 4.95. The number of oxazole rings is 1. The molecule has 5 aromatic rings. The molecule has 0 atom stereocenters. The van der Waals surface area contributed by atoms with Crippen molar-refractivity contribution >= 4 is 45.8 Å². The SMILES string of the molecule is CN(C(=O)c1cccc(C#N)c1)c1ccc2c(c1)nc(NC(=O)c1ccc(-c3cnco3)s1)n2CC(C)(C)O. The van der Waals surface area contributed by atoms with Crippen LogP contribution in [0.5, 0.6) is 0 Å². The first-order valence-corrected chi connectivity index (χ1v) is 12.8. The summed E-state index contributed by atoms with van der Waals surface area (Å²) in [6.07, 6.45) is 2.91. The zero-order valence-corrected chi connectivity index (χ0v) is 22.2. The zero-order valence-electron chi connectivity index (χ0n) is 21.4. The van der Waals surface area contributed by atoms with Gasteiger partial charge in [0.25, 0.3) is 11.8 Å². The number of aromatic nitrogens is 3. The number of rotatable bonds is 7. The highest BCUT2D eigenvalue weighted by Crippen LogP contribution is 2.30. The van der Waals surface area contributed by atoms with Gasteiger partial charge in [-0.2, -0.15) is 5.26 Å². The first kappa shape index (κ1) is 25.8. The van der Waals surface area contributed by atoms with E-state index in [0.717, 1.165) is 4.88 Å². The molecular weight excluding hydrogens is 516 g/mol. The van der Waals surface area contributed by atoms with Crippen molar-refractivity contribution in [3.05, 3.63) is 83.2 Å². The Bertz CT molecular complexity index is 1720. The Kier molecular flexibility index (Phi) is 6.74. The number of amides is 2. The van der Waals surface area contributed by atoms with E-state index in [0.29, 0.717) is 38.5 Å². The topological polar surface area (TPSA) is 137 Å². The summed E-state index contributed by atoms with van der Waals surface area (Å²) in [6.45, 7) is 3.51. The van der Waals surface area contributed by atoms with Crippen LogP contribution in [-0.2, 0) is 6.54 Å². The van der Waals surface area contributed by atoms with E-state index >= 15 is 0 Å².